The maximum atomic E-state index is 4.68. The Balaban J connectivity index is 0.00000364. The second-order valence-corrected chi connectivity index (χ2v) is 6.62. The monoisotopic (exact) mass is 484 g/mol. The number of nitrogens with one attached hydrogen (secondary N) is 2. The number of aryl methyl sites for hydroxylation is 2. The van der Waals surface area contributed by atoms with E-state index in [9.17, 15) is 0 Å². The predicted molar refractivity (Wildman–Crippen MR) is 123 cm³/mol. The highest BCUT2D eigenvalue weighted by Gasteiger charge is 2.06. The van der Waals surface area contributed by atoms with Gasteiger partial charge in [-0.2, -0.15) is 5.10 Å². The van der Waals surface area contributed by atoms with Crippen molar-refractivity contribution in [1.29, 1.82) is 0 Å². The average Bonchev–Trinajstić information content (AvgIpc) is 2.99. The van der Waals surface area contributed by atoms with Gasteiger partial charge in [-0.3, -0.25) is 0 Å². The van der Waals surface area contributed by atoms with Crippen LogP contribution in [0.5, 0.6) is 0 Å². The van der Waals surface area contributed by atoms with Gasteiger partial charge in [0, 0.05) is 25.0 Å². The molecule has 0 aliphatic heterocycles. The topological polar surface area (TPSA) is 67.1 Å². The summed E-state index contributed by atoms with van der Waals surface area (Å²) in [4.78, 5) is 9.22. The van der Waals surface area contributed by atoms with Crippen LogP contribution in [-0.2, 0) is 6.54 Å². The van der Waals surface area contributed by atoms with Crippen molar-refractivity contribution < 1.29 is 0 Å². The van der Waals surface area contributed by atoms with E-state index in [1.807, 2.05) is 36.9 Å². The molecule has 27 heavy (non-hydrogen) atoms. The van der Waals surface area contributed by atoms with E-state index >= 15 is 0 Å². The van der Waals surface area contributed by atoms with Gasteiger partial charge < -0.3 is 10.6 Å². The lowest BCUT2D eigenvalue weighted by molar-refractivity contribution is 0.481. The van der Waals surface area contributed by atoms with Crippen LogP contribution in [0.2, 0.25) is 0 Å². The van der Waals surface area contributed by atoms with Gasteiger partial charge in [-0.15, -0.1) is 24.0 Å². The summed E-state index contributed by atoms with van der Waals surface area (Å²) in [5.41, 5.74) is 3.16. The Bertz CT molecular complexity index is 704. The van der Waals surface area contributed by atoms with Crippen molar-refractivity contribution in [1.82, 2.24) is 25.4 Å². The molecule has 0 fully saturated rings. The minimum absolute atomic E-state index is 0. The fourth-order valence-electron chi connectivity index (χ4n) is 2.83. The molecule has 7 heteroatoms. The van der Waals surface area contributed by atoms with Gasteiger partial charge in [0.25, 0.3) is 0 Å². The molecule has 0 aliphatic rings. The fraction of sp³-hybridized carbons (Fsp3) is 0.550. The molecule has 150 valence electrons. The van der Waals surface area contributed by atoms with Crippen LogP contribution < -0.4 is 10.6 Å². The Morgan fingerprint density at radius 1 is 1.15 bits per heavy atom. The first-order chi connectivity index (χ1) is 12.6. The summed E-state index contributed by atoms with van der Waals surface area (Å²) < 4.78 is 1.86. The highest BCUT2D eigenvalue weighted by atomic mass is 127. The third-order valence-electron chi connectivity index (χ3n) is 4.51. The molecular weight excluding hydrogens is 451 g/mol. The van der Waals surface area contributed by atoms with Crippen LogP contribution in [-0.4, -0.2) is 33.8 Å². The fourth-order valence-corrected chi connectivity index (χ4v) is 2.83. The molecule has 2 heterocycles. The number of pyridine rings is 1. The molecule has 0 amide bonds. The number of nitrogens with zero attached hydrogens (tertiary/aromatic N) is 4. The molecule has 2 rings (SSSR count). The van der Waals surface area contributed by atoms with Crippen LogP contribution in [0.25, 0.3) is 5.82 Å². The van der Waals surface area contributed by atoms with E-state index in [4.69, 9.17) is 0 Å². The maximum absolute atomic E-state index is 4.68. The number of hydrogen-bond acceptors (Lipinski definition) is 3. The molecule has 0 spiro atoms. The van der Waals surface area contributed by atoms with Crippen molar-refractivity contribution in [2.45, 2.75) is 54.0 Å². The zero-order chi connectivity index (χ0) is 18.9. The first kappa shape index (κ1) is 23.4. The zero-order valence-electron chi connectivity index (χ0n) is 17.1. The summed E-state index contributed by atoms with van der Waals surface area (Å²) in [6.45, 7) is 13.0. The van der Waals surface area contributed by atoms with E-state index in [0.717, 1.165) is 41.8 Å². The lowest BCUT2D eigenvalue weighted by atomic mass is 10.0. The standard InChI is InChI=1S/C20H32N6.HI/c1-6-17(7-2)12-23-20(21-8-3)24-14-18-9-10-19(22-13-18)26-16(5)11-15(4)25-26;/h9-11,13,17H,6-8,12,14H2,1-5H3,(H2,21,23,24);1H. The number of halogens is 1. The molecule has 0 atom stereocenters. The van der Waals surface area contributed by atoms with E-state index in [1.165, 1.54) is 12.8 Å². The third-order valence-corrected chi connectivity index (χ3v) is 4.51. The Kier molecular flexibility index (Phi) is 10.4. The number of rotatable bonds is 8. The minimum atomic E-state index is 0. The summed E-state index contributed by atoms with van der Waals surface area (Å²) in [6.07, 6.45) is 4.24. The van der Waals surface area contributed by atoms with E-state index < -0.39 is 0 Å². The van der Waals surface area contributed by atoms with Gasteiger partial charge in [0.1, 0.15) is 0 Å². The minimum Gasteiger partial charge on any atom is -0.357 e. The molecule has 2 N–H and O–H groups in total. The summed E-state index contributed by atoms with van der Waals surface area (Å²) >= 11 is 0. The maximum Gasteiger partial charge on any atom is 0.191 e. The first-order valence-electron chi connectivity index (χ1n) is 9.58. The van der Waals surface area contributed by atoms with Crippen LogP contribution in [0.3, 0.4) is 0 Å². The van der Waals surface area contributed by atoms with Gasteiger partial charge in [0.15, 0.2) is 11.8 Å². The van der Waals surface area contributed by atoms with Crippen molar-refractivity contribution >= 4 is 29.9 Å². The number of aromatic nitrogens is 3. The SMILES string of the molecule is CCNC(=NCc1ccc(-n2nc(C)cc2C)nc1)NCC(CC)CC.I. The van der Waals surface area contributed by atoms with E-state index in [1.54, 1.807) is 0 Å². The summed E-state index contributed by atoms with van der Waals surface area (Å²) in [5.74, 6) is 2.38. The average molecular weight is 484 g/mol. The van der Waals surface area contributed by atoms with Crippen LogP contribution in [0, 0.1) is 19.8 Å². The lowest BCUT2D eigenvalue weighted by Gasteiger charge is -2.16. The van der Waals surface area contributed by atoms with Crippen LogP contribution in [0.4, 0.5) is 0 Å². The Hall–Kier alpha value is -1.64. The molecule has 0 bridgehead atoms. The normalized spacial score (nSPS) is 11.4. The van der Waals surface area contributed by atoms with Crippen molar-refractivity contribution in [2.24, 2.45) is 10.9 Å². The molecule has 6 nitrogen and oxygen atoms in total. The van der Waals surface area contributed by atoms with Crippen molar-refractivity contribution in [2.75, 3.05) is 13.1 Å². The van der Waals surface area contributed by atoms with Crippen molar-refractivity contribution in [3.8, 4) is 5.82 Å². The van der Waals surface area contributed by atoms with E-state index in [2.05, 4.69) is 52.5 Å². The molecule has 0 aliphatic carbocycles. The molecule has 2 aromatic heterocycles. The summed E-state index contributed by atoms with van der Waals surface area (Å²) in [5, 5.41) is 11.2. The zero-order valence-corrected chi connectivity index (χ0v) is 19.4. The first-order valence-corrected chi connectivity index (χ1v) is 9.58. The molecular formula is C20H33IN6. The van der Waals surface area contributed by atoms with E-state index in [-0.39, 0.29) is 24.0 Å². The Morgan fingerprint density at radius 2 is 1.89 bits per heavy atom. The summed E-state index contributed by atoms with van der Waals surface area (Å²) in [7, 11) is 0. The molecule has 0 aromatic carbocycles. The molecule has 0 saturated carbocycles. The van der Waals surface area contributed by atoms with Gasteiger partial charge in [0.2, 0.25) is 0 Å². The number of aliphatic imine (C=N–C) groups is 1. The number of hydrogen-bond donors (Lipinski definition) is 2. The Labute approximate surface area is 180 Å². The second-order valence-electron chi connectivity index (χ2n) is 6.62. The van der Waals surface area contributed by atoms with Gasteiger partial charge in [-0.25, -0.2) is 14.7 Å². The summed E-state index contributed by atoms with van der Waals surface area (Å²) in [6, 6.07) is 6.11. The molecule has 2 aromatic rings. The highest BCUT2D eigenvalue weighted by molar-refractivity contribution is 14.0. The van der Waals surface area contributed by atoms with Gasteiger partial charge in [-0.1, -0.05) is 32.8 Å². The smallest absolute Gasteiger partial charge is 0.191 e. The second kappa shape index (κ2) is 11.9. The van der Waals surface area contributed by atoms with Crippen molar-refractivity contribution in [3.63, 3.8) is 0 Å². The molecule has 0 saturated heterocycles. The highest BCUT2D eigenvalue weighted by Crippen LogP contribution is 2.11. The Morgan fingerprint density at radius 3 is 2.41 bits per heavy atom. The van der Waals surface area contributed by atoms with Gasteiger partial charge in [-0.05, 0) is 44.4 Å². The third kappa shape index (κ3) is 7.12. The predicted octanol–water partition coefficient (Wildman–Crippen LogP) is 3.99. The lowest BCUT2D eigenvalue weighted by Crippen LogP contribution is -2.39. The van der Waals surface area contributed by atoms with Gasteiger partial charge in [0.05, 0.1) is 12.2 Å². The largest absolute Gasteiger partial charge is 0.357 e. The quantitative estimate of drug-likeness (QED) is 0.338. The van der Waals surface area contributed by atoms with Crippen LogP contribution in [0.1, 0.15) is 50.6 Å². The molecule has 0 radical (unpaired) electrons. The van der Waals surface area contributed by atoms with Gasteiger partial charge >= 0.3 is 0 Å². The van der Waals surface area contributed by atoms with Crippen LogP contribution >= 0.6 is 24.0 Å². The van der Waals surface area contributed by atoms with Crippen molar-refractivity contribution in [3.05, 3.63) is 41.3 Å². The van der Waals surface area contributed by atoms with E-state index in [0.29, 0.717) is 12.5 Å². The van der Waals surface area contributed by atoms with Crippen LogP contribution in [0.15, 0.2) is 29.4 Å². The molecule has 0 unspecified atom stereocenters. The number of guanidine groups is 1.